The van der Waals surface area contributed by atoms with Gasteiger partial charge in [-0.05, 0) is 54.5 Å². The molecular weight excluding hydrogens is 458 g/mol. The molecule has 0 spiro atoms. The summed E-state index contributed by atoms with van der Waals surface area (Å²) >= 11 is 0. The van der Waals surface area contributed by atoms with Crippen LogP contribution >= 0.6 is 0 Å². The molecule has 0 aliphatic carbocycles. The summed E-state index contributed by atoms with van der Waals surface area (Å²) in [5.74, 6) is 2.63. The molecule has 0 saturated heterocycles. The van der Waals surface area contributed by atoms with Crippen LogP contribution in [0.5, 0.6) is 5.75 Å². The van der Waals surface area contributed by atoms with Crippen LogP contribution in [0.25, 0.3) is 11.0 Å². The fourth-order valence-corrected chi connectivity index (χ4v) is 4.71. The molecule has 4 aromatic rings. The second-order valence-electron chi connectivity index (χ2n) is 9.86. The number of hydrogen-bond donors (Lipinski definition) is 1. The van der Waals surface area contributed by atoms with Crippen molar-refractivity contribution >= 4 is 16.9 Å². The summed E-state index contributed by atoms with van der Waals surface area (Å²) in [6.07, 6.45) is 5.32. The van der Waals surface area contributed by atoms with Gasteiger partial charge in [0.2, 0.25) is 5.91 Å². The highest BCUT2D eigenvalue weighted by molar-refractivity contribution is 5.76. The van der Waals surface area contributed by atoms with E-state index >= 15 is 0 Å². The molecule has 0 aliphatic rings. The molecule has 1 aromatic heterocycles. The van der Waals surface area contributed by atoms with E-state index in [0.29, 0.717) is 18.9 Å². The maximum absolute atomic E-state index is 12.1. The normalized spacial score (nSPS) is 11.2. The van der Waals surface area contributed by atoms with Gasteiger partial charge in [0.1, 0.15) is 18.2 Å². The molecule has 4 rings (SSSR count). The minimum Gasteiger partial charge on any atom is -0.491 e. The van der Waals surface area contributed by atoms with Gasteiger partial charge in [-0.3, -0.25) is 4.79 Å². The average molecular weight is 498 g/mol. The molecule has 5 nitrogen and oxygen atoms in total. The predicted octanol–water partition coefficient (Wildman–Crippen LogP) is 6.70. The second kappa shape index (κ2) is 13.6. The van der Waals surface area contributed by atoms with Crippen LogP contribution in [0.1, 0.15) is 62.4 Å². The Morgan fingerprint density at radius 2 is 1.65 bits per heavy atom. The maximum atomic E-state index is 12.1. The number of rotatable bonds is 14. The number of ether oxygens (including phenoxy) is 1. The summed E-state index contributed by atoms with van der Waals surface area (Å²) in [6, 6.07) is 26.8. The number of fused-ring (bicyclic) bond motifs is 1. The van der Waals surface area contributed by atoms with Gasteiger partial charge in [0.25, 0.3) is 0 Å². The zero-order valence-electron chi connectivity index (χ0n) is 22.2. The Morgan fingerprint density at radius 1 is 0.892 bits per heavy atom. The van der Waals surface area contributed by atoms with Gasteiger partial charge in [-0.1, -0.05) is 80.9 Å². The number of para-hydroxylation sites is 3. The number of carbonyl (C=O) groups is 1. The summed E-state index contributed by atoms with van der Waals surface area (Å²) in [7, 11) is 0. The van der Waals surface area contributed by atoms with Crippen LogP contribution in [0.3, 0.4) is 0 Å². The van der Waals surface area contributed by atoms with E-state index in [-0.39, 0.29) is 5.91 Å². The number of carbonyl (C=O) groups excluding carboxylic acids is 1. The zero-order chi connectivity index (χ0) is 25.9. The number of aromatic nitrogens is 2. The minimum atomic E-state index is 0.129. The Morgan fingerprint density at radius 3 is 2.49 bits per heavy atom. The van der Waals surface area contributed by atoms with Gasteiger partial charge in [-0.15, -0.1) is 0 Å². The van der Waals surface area contributed by atoms with E-state index in [1.165, 1.54) is 11.1 Å². The molecule has 0 atom stereocenters. The molecule has 0 unspecified atom stereocenters. The Labute approximate surface area is 220 Å². The molecule has 194 valence electrons. The zero-order valence-corrected chi connectivity index (χ0v) is 22.2. The highest BCUT2D eigenvalue weighted by Gasteiger charge is 2.12. The van der Waals surface area contributed by atoms with Crippen molar-refractivity contribution in [2.24, 2.45) is 0 Å². The van der Waals surface area contributed by atoms with E-state index in [9.17, 15) is 4.79 Å². The second-order valence-corrected chi connectivity index (χ2v) is 9.86. The lowest BCUT2D eigenvalue weighted by atomic mass is 10.0. The maximum Gasteiger partial charge on any atom is 0.220 e. The Bertz CT molecular complexity index is 1260. The van der Waals surface area contributed by atoms with Crippen molar-refractivity contribution in [2.75, 3.05) is 13.2 Å². The quantitative estimate of drug-likeness (QED) is 0.197. The molecule has 37 heavy (non-hydrogen) atoms. The number of nitrogens with zero attached hydrogens (tertiary/aromatic N) is 2. The summed E-state index contributed by atoms with van der Waals surface area (Å²) in [5.41, 5.74) is 4.63. The molecule has 0 aliphatic heterocycles. The van der Waals surface area contributed by atoms with Gasteiger partial charge in [0.15, 0.2) is 0 Å². The number of hydrogen-bond acceptors (Lipinski definition) is 3. The molecule has 1 amide bonds. The molecule has 0 saturated carbocycles. The standard InChI is InChI=1S/C32H39N3O2/c1-25(2)27-15-8-11-18-30(27)37-24-23-35-29-17-10-9-16-28(29)34-31(35)19-7-4-12-22-33-32(36)21-20-26-13-5-3-6-14-26/h3,5-6,8-11,13-18,25H,4,7,12,19-24H2,1-2H3,(H,33,36). The van der Waals surface area contributed by atoms with Crippen LogP contribution in [-0.4, -0.2) is 28.6 Å². The molecule has 1 heterocycles. The molecule has 5 heteroatoms. The SMILES string of the molecule is CC(C)c1ccccc1OCCn1c(CCCCCNC(=O)CCc2ccccc2)nc2ccccc21. The van der Waals surface area contributed by atoms with Crippen molar-refractivity contribution in [1.29, 1.82) is 0 Å². The van der Waals surface area contributed by atoms with Crippen LogP contribution in [0.2, 0.25) is 0 Å². The fraction of sp³-hybridized carbons (Fsp3) is 0.375. The summed E-state index contributed by atoms with van der Waals surface area (Å²) in [5, 5.41) is 3.06. The smallest absolute Gasteiger partial charge is 0.220 e. The van der Waals surface area contributed by atoms with Crippen LogP contribution < -0.4 is 10.1 Å². The molecule has 0 radical (unpaired) electrons. The van der Waals surface area contributed by atoms with Crippen molar-refractivity contribution in [3.63, 3.8) is 0 Å². The number of imidazole rings is 1. The summed E-state index contributed by atoms with van der Waals surface area (Å²) in [6.45, 7) is 6.48. The third-order valence-electron chi connectivity index (χ3n) is 6.73. The first-order chi connectivity index (χ1) is 18.1. The Balaban J connectivity index is 1.23. The monoisotopic (exact) mass is 497 g/mol. The van der Waals surface area contributed by atoms with E-state index in [1.807, 2.05) is 30.3 Å². The highest BCUT2D eigenvalue weighted by Crippen LogP contribution is 2.26. The molecular formula is C32H39N3O2. The third-order valence-corrected chi connectivity index (χ3v) is 6.73. The van der Waals surface area contributed by atoms with Gasteiger partial charge >= 0.3 is 0 Å². The molecule has 1 N–H and O–H groups in total. The first-order valence-electron chi connectivity index (χ1n) is 13.6. The van der Waals surface area contributed by atoms with Gasteiger partial charge in [0.05, 0.1) is 17.6 Å². The Kier molecular flexibility index (Phi) is 9.75. The number of unbranched alkanes of at least 4 members (excludes halogenated alkanes) is 2. The highest BCUT2D eigenvalue weighted by atomic mass is 16.5. The number of benzene rings is 3. The molecule has 3 aromatic carbocycles. The predicted molar refractivity (Wildman–Crippen MR) is 151 cm³/mol. The van der Waals surface area contributed by atoms with Crippen molar-refractivity contribution < 1.29 is 9.53 Å². The van der Waals surface area contributed by atoms with E-state index in [4.69, 9.17) is 9.72 Å². The fourth-order valence-electron chi connectivity index (χ4n) is 4.71. The van der Waals surface area contributed by atoms with E-state index in [2.05, 4.69) is 72.3 Å². The average Bonchev–Trinajstić information content (AvgIpc) is 3.27. The van der Waals surface area contributed by atoms with Crippen LogP contribution in [0, 0.1) is 0 Å². The lowest BCUT2D eigenvalue weighted by Crippen LogP contribution is -2.24. The van der Waals surface area contributed by atoms with E-state index in [1.54, 1.807) is 0 Å². The number of nitrogens with one attached hydrogen (secondary N) is 1. The third kappa shape index (κ3) is 7.69. The van der Waals surface area contributed by atoms with Crippen molar-refractivity contribution in [2.45, 2.75) is 64.8 Å². The van der Waals surface area contributed by atoms with Crippen molar-refractivity contribution in [3.05, 3.63) is 95.8 Å². The van der Waals surface area contributed by atoms with Crippen molar-refractivity contribution in [1.82, 2.24) is 14.9 Å². The van der Waals surface area contributed by atoms with Crippen LogP contribution in [-0.2, 0) is 24.2 Å². The van der Waals surface area contributed by atoms with E-state index < -0.39 is 0 Å². The minimum absolute atomic E-state index is 0.129. The van der Waals surface area contributed by atoms with E-state index in [0.717, 1.165) is 67.8 Å². The Hall–Kier alpha value is -3.60. The largest absolute Gasteiger partial charge is 0.491 e. The lowest BCUT2D eigenvalue weighted by molar-refractivity contribution is -0.121. The van der Waals surface area contributed by atoms with Gasteiger partial charge < -0.3 is 14.6 Å². The van der Waals surface area contributed by atoms with Crippen molar-refractivity contribution in [3.8, 4) is 5.75 Å². The van der Waals surface area contributed by atoms with Crippen LogP contribution in [0.4, 0.5) is 0 Å². The number of amides is 1. The first-order valence-corrected chi connectivity index (χ1v) is 13.6. The summed E-state index contributed by atoms with van der Waals surface area (Å²) in [4.78, 5) is 17.1. The van der Waals surface area contributed by atoms with Gasteiger partial charge in [-0.25, -0.2) is 4.98 Å². The summed E-state index contributed by atoms with van der Waals surface area (Å²) < 4.78 is 8.52. The topological polar surface area (TPSA) is 56.1 Å². The molecule has 0 bridgehead atoms. The first kappa shape index (κ1) is 26.5. The lowest BCUT2D eigenvalue weighted by Gasteiger charge is -2.15. The molecule has 0 fully saturated rings. The van der Waals surface area contributed by atoms with Crippen LogP contribution in [0.15, 0.2) is 78.9 Å². The van der Waals surface area contributed by atoms with Gasteiger partial charge in [0, 0.05) is 19.4 Å². The van der Waals surface area contributed by atoms with Gasteiger partial charge in [-0.2, -0.15) is 0 Å². The number of aryl methyl sites for hydroxylation is 2.